The van der Waals surface area contributed by atoms with E-state index < -0.39 is 0 Å². The third kappa shape index (κ3) is 3.16. The summed E-state index contributed by atoms with van der Waals surface area (Å²) in [5.74, 6) is 1.38. The van der Waals surface area contributed by atoms with Crippen LogP contribution in [0.5, 0.6) is 0 Å². The Morgan fingerprint density at radius 2 is 2.35 bits per heavy atom. The lowest BCUT2D eigenvalue weighted by Gasteiger charge is -2.09. The molecule has 0 aromatic carbocycles. The highest BCUT2D eigenvalue weighted by atomic mass is 79.9. The Kier molecular flexibility index (Phi) is 3.92. The SMILES string of the molecule is CNc1ncc(Br)c(NCCn2ccnc2)n1. The van der Waals surface area contributed by atoms with Gasteiger partial charge < -0.3 is 15.2 Å². The topological polar surface area (TPSA) is 67.7 Å². The summed E-state index contributed by atoms with van der Waals surface area (Å²) in [5, 5.41) is 6.14. The van der Waals surface area contributed by atoms with Crippen molar-refractivity contribution in [2.75, 3.05) is 24.2 Å². The first-order chi connectivity index (χ1) is 8.29. The third-order valence-electron chi connectivity index (χ3n) is 2.19. The van der Waals surface area contributed by atoms with Gasteiger partial charge in [0.25, 0.3) is 0 Å². The van der Waals surface area contributed by atoms with E-state index in [1.807, 2.05) is 10.8 Å². The highest BCUT2D eigenvalue weighted by Crippen LogP contribution is 2.19. The van der Waals surface area contributed by atoms with E-state index in [2.05, 4.69) is 41.5 Å². The van der Waals surface area contributed by atoms with E-state index in [1.54, 1.807) is 25.8 Å². The van der Waals surface area contributed by atoms with Gasteiger partial charge >= 0.3 is 0 Å². The highest BCUT2D eigenvalue weighted by molar-refractivity contribution is 9.10. The fourth-order valence-electron chi connectivity index (χ4n) is 1.33. The number of hydrogen-bond donors (Lipinski definition) is 2. The molecule has 0 aliphatic rings. The minimum Gasteiger partial charge on any atom is -0.367 e. The molecule has 0 aliphatic carbocycles. The van der Waals surface area contributed by atoms with Crippen molar-refractivity contribution < 1.29 is 0 Å². The quantitative estimate of drug-likeness (QED) is 0.877. The number of nitrogens with zero attached hydrogens (tertiary/aromatic N) is 4. The predicted octanol–water partition coefficient (Wildman–Crippen LogP) is 1.59. The molecule has 2 heterocycles. The first-order valence-corrected chi connectivity index (χ1v) is 5.99. The number of aromatic nitrogens is 4. The second kappa shape index (κ2) is 5.62. The Labute approximate surface area is 108 Å². The van der Waals surface area contributed by atoms with Crippen LogP contribution in [0.3, 0.4) is 0 Å². The van der Waals surface area contributed by atoms with Crippen molar-refractivity contribution in [3.05, 3.63) is 29.4 Å². The zero-order valence-electron chi connectivity index (χ0n) is 9.39. The van der Waals surface area contributed by atoms with Crippen LogP contribution in [0.25, 0.3) is 0 Å². The first kappa shape index (κ1) is 11.8. The van der Waals surface area contributed by atoms with Crippen molar-refractivity contribution in [3.63, 3.8) is 0 Å². The van der Waals surface area contributed by atoms with Gasteiger partial charge in [-0.15, -0.1) is 0 Å². The molecule has 17 heavy (non-hydrogen) atoms. The summed E-state index contributed by atoms with van der Waals surface area (Å²) < 4.78 is 2.85. The van der Waals surface area contributed by atoms with Crippen molar-refractivity contribution >= 4 is 27.7 Å². The molecule has 0 saturated carbocycles. The minimum atomic E-state index is 0.596. The molecule has 2 rings (SSSR count). The van der Waals surface area contributed by atoms with Crippen LogP contribution in [0, 0.1) is 0 Å². The van der Waals surface area contributed by atoms with Gasteiger partial charge in [0.05, 0.1) is 10.8 Å². The van der Waals surface area contributed by atoms with Gasteiger partial charge in [-0.1, -0.05) is 0 Å². The summed E-state index contributed by atoms with van der Waals surface area (Å²) in [4.78, 5) is 12.4. The molecule has 0 radical (unpaired) electrons. The molecular weight excluding hydrogens is 284 g/mol. The van der Waals surface area contributed by atoms with Crippen LogP contribution in [0.15, 0.2) is 29.4 Å². The zero-order valence-corrected chi connectivity index (χ0v) is 11.0. The molecule has 0 aliphatic heterocycles. The zero-order chi connectivity index (χ0) is 12.1. The van der Waals surface area contributed by atoms with Gasteiger partial charge in [-0.25, -0.2) is 9.97 Å². The molecule has 0 bridgehead atoms. The van der Waals surface area contributed by atoms with Crippen molar-refractivity contribution in [1.29, 1.82) is 0 Å². The van der Waals surface area contributed by atoms with Gasteiger partial charge in [0, 0.05) is 38.7 Å². The lowest BCUT2D eigenvalue weighted by molar-refractivity contribution is 0.725. The monoisotopic (exact) mass is 296 g/mol. The Hall–Kier alpha value is -1.63. The second-order valence-electron chi connectivity index (χ2n) is 3.37. The molecule has 90 valence electrons. The Bertz CT molecular complexity index is 470. The molecule has 0 atom stereocenters. The van der Waals surface area contributed by atoms with E-state index in [4.69, 9.17) is 0 Å². The normalized spacial score (nSPS) is 10.2. The van der Waals surface area contributed by atoms with E-state index in [9.17, 15) is 0 Å². The summed E-state index contributed by atoms with van der Waals surface area (Å²) >= 11 is 3.40. The number of halogens is 1. The molecular formula is C10H13BrN6. The number of rotatable bonds is 5. The number of anilines is 2. The maximum atomic E-state index is 4.30. The van der Waals surface area contributed by atoms with Crippen molar-refractivity contribution in [2.45, 2.75) is 6.54 Å². The molecule has 0 spiro atoms. The molecule has 0 unspecified atom stereocenters. The second-order valence-corrected chi connectivity index (χ2v) is 4.22. The van der Waals surface area contributed by atoms with E-state index in [1.165, 1.54) is 0 Å². The summed E-state index contributed by atoms with van der Waals surface area (Å²) in [6, 6.07) is 0. The van der Waals surface area contributed by atoms with Crippen molar-refractivity contribution in [1.82, 2.24) is 19.5 Å². The summed E-state index contributed by atoms with van der Waals surface area (Å²) in [6.45, 7) is 1.61. The Morgan fingerprint density at radius 1 is 1.47 bits per heavy atom. The van der Waals surface area contributed by atoms with E-state index in [0.29, 0.717) is 5.95 Å². The smallest absolute Gasteiger partial charge is 0.224 e. The largest absolute Gasteiger partial charge is 0.367 e. The molecule has 2 N–H and O–H groups in total. The molecule has 2 aromatic rings. The Balaban J connectivity index is 1.94. The lowest BCUT2D eigenvalue weighted by Crippen LogP contribution is -2.11. The molecule has 0 saturated heterocycles. The predicted molar refractivity (Wildman–Crippen MR) is 70.0 cm³/mol. The Morgan fingerprint density at radius 3 is 3.06 bits per heavy atom. The van der Waals surface area contributed by atoms with Gasteiger partial charge in [0.2, 0.25) is 5.95 Å². The van der Waals surface area contributed by atoms with Crippen LogP contribution in [0.1, 0.15) is 0 Å². The van der Waals surface area contributed by atoms with E-state index in [0.717, 1.165) is 23.4 Å². The molecule has 0 fully saturated rings. The van der Waals surface area contributed by atoms with Gasteiger partial charge in [0.15, 0.2) is 0 Å². The van der Waals surface area contributed by atoms with Crippen LogP contribution in [-0.2, 0) is 6.54 Å². The van der Waals surface area contributed by atoms with E-state index >= 15 is 0 Å². The number of hydrogen-bond acceptors (Lipinski definition) is 5. The van der Waals surface area contributed by atoms with Crippen LogP contribution in [-0.4, -0.2) is 33.1 Å². The van der Waals surface area contributed by atoms with E-state index in [-0.39, 0.29) is 0 Å². The van der Waals surface area contributed by atoms with Gasteiger partial charge in [-0.3, -0.25) is 0 Å². The van der Waals surface area contributed by atoms with Gasteiger partial charge in [-0.05, 0) is 15.9 Å². The molecule has 2 aromatic heterocycles. The van der Waals surface area contributed by atoms with Gasteiger partial charge in [-0.2, -0.15) is 4.98 Å². The van der Waals surface area contributed by atoms with Crippen LogP contribution in [0.2, 0.25) is 0 Å². The fourth-order valence-corrected chi connectivity index (χ4v) is 1.67. The summed E-state index contributed by atoms with van der Waals surface area (Å²) in [6.07, 6.45) is 7.20. The van der Waals surface area contributed by atoms with Crippen LogP contribution >= 0.6 is 15.9 Å². The maximum absolute atomic E-state index is 4.30. The van der Waals surface area contributed by atoms with Crippen molar-refractivity contribution in [2.24, 2.45) is 0 Å². The van der Waals surface area contributed by atoms with Crippen LogP contribution in [0.4, 0.5) is 11.8 Å². The molecule has 6 nitrogen and oxygen atoms in total. The number of imidazole rings is 1. The van der Waals surface area contributed by atoms with Crippen LogP contribution < -0.4 is 10.6 Å². The van der Waals surface area contributed by atoms with Gasteiger partial charge in [0.1, 0.15) is 5.82 Å². The standard InChI is InChI=1S/C10H13BrN6/c1-12-10-15-6-8(11)9(16-10)14-3-5-17-4-2-13-7-17/h2,4,6-7H,3,5H2,1H3,(H2,12,14,15,16). The number of nitrogens with one attached hydrogen (secondary N) is 2. The van der Waals surface area contributed by atoms with Crippen molar-refractivity contribution in [3.8, 4) is 0 Å². The molecule has 7 heteroatoms. The average molecular weight is 297 g/mol. The lowest BCUT2D eigenvalue weighted by atomic mass is 10.5. The fraction of sp³-hybridized carbons (Fsp3) is 0.300. The maximum Gasteiger partial charge on any atom is 0.224 e. The third-order valence-corrected chi connectivity index (χ3v) is 2.77. The average Bonchev–Trinajstić information content (AvgIpc) is 2.84. The molecule has 0 amide bonds. The highest BCUT2D eigenvalue weighted by Gasteiger charge is 2.03. The first-order valence-electron chi connectivity index (χ1n) is 5.19. The minimum absolute atomic E-state index is 0.596. The summed E-state index contributed by atoms with van der Waals surface area (Å²) in [7, 11) is 1.79. The summed E-state index contributed by atoms with van der Waals surface area (Å²) in [5.41, 5.74) is 0.